The lowest BCUT2D eigenvalue weighted by molar-refractivity contribution is -0.115. The van der Waals surface area contributed by atoms with Gasteiger partial charge in [-0.05, 0) is 30.7 Å². The molecule has 0 bridgehead atoms. The maximum atomic E-state index is 12.3. The van der Waals surface area contributed by atoms with Crippen LogP contribution in [0.1, 0.15) is 22.4 Å². The van der Waals surface area contributed by atoms with Gasteiger partial charge in [-0.25, -0.2) is 4.98 Å². The number of carbonyl (C=O) groups excluding carboxylic acids is 1. The first-order valence-electron chi connectivity index (χ1n) is 8.01. The zero-order chi connectivity index (χ0) is 20.1. The summed E-state index contributed by atoms with van der Waals surface area (Å²) in [7, 11) is 0. The molecule has 1 amide bonds. The number of carbonyl (C=O) groups is 1. The van der Waals surface area contributed by atoms with E-state index >= 15 is 0 Å². The second-order valence-electron chi connectivity index (χ2n) is 5.71. The summed E-state index contributed by atoms with van der Waals surface area (Å²) < 4.78 is 0.729. The van der Waals surface area contributed by atoms with Gasteiger partial charge in [-0.1, -0.05) is 58.4 Å². The summed E-state index contributed by atoms with van der Waals surface area (Å²) in [6, 6.07) is 11.1. The van der Waals surface area contributed by atoms with Crippen LogP contribution >= 0.6 is 46.3 Å². The SMILES string of the molecule is Cc1cc(Cl)c(CC(=O)Nc2nnc(SCc3ccc(C#N)cc3)s2)c(Cl)n1. The van der Waals surface area contributed by atoms with E-state index in [1.54, 1.807) is 25.1 Å². The standard InChI is InChI=1S/C18H13Cl2N5OS2/c1-10-6-14(19)13(16(20)22-10)7-15(26)23-17-24-25-18(28-17)27-9-12-4-2-11(8-21)3-5-12/h2-6H,7,9H2,1H3,(H,23,24,26). The molecule has 0 fully saturated rings. The van der Waals surface area contributed by atoms with Crippen LogP contribution in [0.2, 0.25) is 10.2 Å². The summed E-state index contributed by atoms with van der Waals surface area (Å²) in [5.74, 6) is 0.392. The number of nitrogens with one attached hydrogen (secondary N) is 1. The van der Waals surface area contributed by atoms with Gasteiger partial charge in [-0.3, -0.25) is 4.79 Å². The molecule has 28 heavy (non-hydrogen) atoms. The van der Waals surface area contributed by atoms with Crippen molar-refractivity contribution in [1.82, 2.24) is 15.2 Å². The lowest BCUT2D eigenvalue weighted by Gasteiger charge is -2.07. The van der Waals surface area contributed by atoms with Gasteiger partial charge >= 0.3 is 0 Å². The van der Waals surface area contributed by atoms with Crippen LogP contribution in [0, 0.1) is 18.3 Å². The quantitative estimate of drug-likeness (QED) is 0.327. The molecule has 0 saturated carbocycles. The zero-order valence-corrected chi connectivity index (χ0v) is 17.7. The second kappa shape index (κ2) is 9.34. The number of nitrogens with zero attached hydrogens (tertiary/aromatic N) is 4. The third-order valence-electron chi connectivity index (χ3n) is 3.58. The predicted molar refractivity (Wildman–Crippen MR) is 112 cm³/mol. The van der Waals surface area contributed by atoms with Crippen LogP contribution < -0.4 is 5.32 Å². The largest absolute Gasteiger partial charge is 0.300 e. The molecule has 2 aromatic heterocycles. The minimum atomic E-state index is -0.297. The van der Waals surface area contributed by atoms with Gasteiger partial charge in [0.1, 0.15) is 5.15 Å². The lowest BCUT2D eigenvalue weighted by Crippen LogP contribution is -2.15. The first kappa shape index (κ1) is 20.6. The number of nitriles is 1. The molecule has 3 rings (SSSR count). The minimum Gasteiger partial charge on any atom is -0.300 e. The van der Waals surface area contributed by atoms with Crippen molar-refractivity contribution in [3.63, 3.8) is 0 Å². The van der Waals surface area contributed by atoms with Crippen LogP contribution in [0.15, 0.2) is 34.7 Å². The molecule has 0 aliphatic heterocycles. The molecule has 1 aromatic carbocycles. The smallest absolute Gasteiger partial charge is 0.230 e. The topological polar surface area (TPSA) is 91.6 Å². The van der Waals surface area contributed by atoms with Gasteiger partial charge in [0, 0.05) is 22.0 Å². The molecule has 0 saturated heterocycles. The second-order valence-corrected chi connectivity index (χ2v) is 8.68. The highest BCUT2D eigenvalue weighted by Gasteiger charge is 2.15. The Balaban J connectivity index is 1.56. The van der Waals surface area contributed by atoms with Crippen LogP contribution in [-0.4, -0.2) is 21.1 Å². The molecule has 142 valence electrons. The highest BCUT2D eigenvalue weighted by atomic mass is 35.5. The van der Waals surface area contributed by atoms with Crippen LogP contribution in [0.5, 0.6) is 0 Å². The highest BCUT2D eigenvalue weighted by Crippen LogP contribution is 2.29. The number of halogens is 2. The molecule has 0 aliphatic carbocycles. The number of rotatable bonds is 6. The molecule has 10 heteroatoms. The van der Waals surface area contributed by atoms with Crippen molar-refractivity contribution in [2.24, 2.45) is 0 Å². The van der Waals surface area contributed by atoms with Crippen LogP contribution in [0.4, 0.5) is 5.13 Å². The Bertz CT molecular complexity index is 1020. The molecule has 2 heterocycles. The summed E-state index contributed by atoms with van der Waals surface area (Å²) >= 11 is 15.0. The fraction of sp³-hybridized carbons (Fsp3) is 0.167. The number of benzene rings is 1. The fourth-order valence-corrected chi connectivity index (χ4v) is 4.63. The Labute approximate surface area is 179 Å². The molecular weight excluding hydrogens is 437 g/mol. The van der Waals surface area contributed by atoms with Crippen molar-refractivity contribution >= 4 is 57.3 Å². The Kier molecular flexibility index (Phi) is 6.86. The van der Waals surface area contributed by atoms with Crippen molar-refractivity contribution < 1.29 is 4.79 Å². The summed E-state index contributed by atoms with van der Waals surface area (Å²) in [5.41, 5.74) is 2.86. The first-order valence-corrected chi connectivity index (χ1v) is 10.6. The van der Waals surface area contributed by atoms with Gasteiger partial charge in [0.25, 0.3) is 0 Å². The van der Waals surface area contributed by atoms with Crippen LogP contribution in [-0.2, 0) is 17.0 Å². The van der Waals surface area contributed by atoms with E-state index in [-0.39, 0.29) is 17.5 Å². The lowest BCUT2D eigenvalue weighted by atomic mass is 10.2. The summed E-state index contributed by atoms with van der Waals surface area (Å²) in [4.78, 5) is 16.4. The molecule has 0 atom stereocenters. The molecule has 0 radical (unpaired) electrons. The van der Waals surface area contributed by atoms with Crippen molar-refractivity contribution in [3.05, 3.63) is 62.9 Å². The van der Waals surface area contributed by atoms with Crippen LogP contribution in [0.25, 0.3) is 0 Å². The highest BCUT2D eigenvalue weighted by molar-refractivity contribution is 8.00. The molecule has 0 aliphatic rings. The molecule has 6 nitrogen and oxygen atoms in total. The van der Waals surface area contributed by atoms with E-state index in [2.05, 4.69) is 26.6 Å². The fourth-order valence-electron chi connectivity index (χ4n) is 2.24. The van der Waals surface area contributed by atoms with Crippen molar-refractivity contribution in [3.8, 4) is 6.07 Å². The van der Waals surface area contributed by atoms with Crippen molar-refractivity contribution in [2.75, 3.05) is 5.32 Å². The number of amides is 1. The molecule has 3 aromatic rings. The van der Waals surface area contributed by atoms with E-state index in [0.717, 1.165) is 9.90 Å². The number of pyridine rings is 1. The van der Waals surface area contributed by atoms with Crippen LogP contribution in [0.3, 0.4) is 0 Å². The van der Waals surface area contributed by atoms with E-state index in [4.69, 9.17) is 28.5 Å². The number of hydrogen-bond acceptors (Lipinski definition) is 7. The predicted octanol–water partition coefficient (Wildman–Crippen LogP) is 4.89. The van der Waals surface area contributed by atoms with Gasteiger partial charge in [0.05, 0.1) is 18.1 Å². The third-order valence-corrected chi connectivity index (χ3v) is 6.28. The number of hydrogen-bond donors (Lipinski definition) is 1. The van der Waals surface area contributed by atoms with E-state index < -0.39 is 0 Å². The maximum absolute atomic E-state index is 12.3. The summed E-state index contributed by atoms with van der Waals surface area (Å²) in [6.07, 6.45) is -0.00174. The molecular formula is C18H13Cl2N5OS2. The van der Waals surface area contributed by atoms with E-state index in [9.17, 15) is 4.79 Å². The molecule has 0 spiro atoms. The zero-order valence-electron chi connectivity index (χ0n) is 14.6. The van der Waals surface area contributed by atoms with Gasteiger partial charge in [-0.2, -0.15) is 5.26 Å². The Morgan fingerprint density at radius 2 is 2.04 bits per heavy atom. The Morgan fingerprint density at radius 1 is 1.29 bits per heavy atom. The van der Waals surface area contributed by atoms with E-state index in [1.165, 1.54) is 23.1 Å². The Morgan fingerprint density at radius 3 is 2.71 bits per heavy atom. The van der Waals surface area contributed by atoms with Gasteiger partial charge in [0.15, 0.2) is 4.34 Å². The number of aryl methyl sites for hydroxylation is 1. The van der Waals surface area contributed by atoms with Crippen molar-refractivity contribution in [1.29, 1.82) is 5.26 Å². The maximum Gasteiger partial charge on any atom is 0.230 e. The normalized spacial score (nSPS) is 10.5. The monoisotopic (exact) mass is 449 g/mol. The van der Waals surface area contributed by atoms with Gasteiger partial charge < -0.3 is 5.32 Å². The van der Waals surface area contributed by atoms with Gasteiger partial charge in [0.2, 0.25) is 11.0 Å². The average molecular weight is 450 g/mol. The number of anilines is 1. The summed E-state index contributed by atoms with van der Waals surface area (Å²) in [5, 5.41) is 20.6. The number of thioether (sulfide) groups is 1. The van der Waals surface area contributed by atoms with E-state index in [0.29, 0.717) is 32.7 Å². The average Bonchev–Trinajstić information content (AvgIpc) is 3.10. The van der Waals surface area contributed by atoms with E-state index in [1.807, 2.05) is 12.1 Å². The Hall–Kier alpha value is -2.18. The first-order chi connectivity index (χ1) is 13.4. The number of aromatic nitrogens is 3. The van der Waals surface area contributed by atoms with Gasteiger partial charge in [-0.15, -0.1) is 10.2 Å². The molecule has 1 N–H and O–H groups in total. The third kappa shape index (κ3) is 5.42. The summed E-state index contributed by atoms with van der Waals surface area (Å²) in [6.45, 7) is 1.78. The van der Waals surface area contributed by atoms with Crippen molar-refractivity contribution in [2.45, 2.75) is 23.4 Å². The minimum absolute atomic E-state index is 0.00174. The molecule has 0 unspecified atom stereocenters.